The minimum absolute atomic E-state index is 0.0121. The molecule has 0 spiro atoms. The summed E-state index contributed by atoms with van der Waals surface area (Å²) in [7, 11) is 0. The first-order valence-electron chi connectivity index (χ1n) is 7.74. The summed E-state index contributed by atoms with van der Waals surface area (Å²) in [5.74, 6) is 0.689. The van der Waals surface area contributed by atoms with Gasteiger partial charge >= 0.3 is 6.01 Å². The third-order valence-electron chi connectivity index (χ3n) is 4.05. The maximum Gasteiger partial charge on any atom is 0.321 e. The van der Waals surface area contributed by atoms with Crippen molar-refractivity contribution >= 4 is 11.6 Å². The number of anilines is 1. The lowest BCUT2D eigenvalue weighted by atomic mass is 10.1. The molecule has 1 saturated carbocycles. The van der Waals surface area contributed by atoms with Crippen LogP contribution in [0.15, 0.2) is 36.7 Å². The molecule has 2 atom stereocenters. The van der Waals surface area contributed by atoms with Crippen LogP contribution in [0.5, 0.6) is 11.8 Å². The van der Waals surface area contributed by atoms with Crippen LogP contribution in [-0.2, 0) is 4.79 Å². The number of nitrogens with two attached hydrogens (primary N) is 1. The molecule has 1 heterocycles. The fourth-order valence-electron chi connectivity index (χ4n) is 2.77. The highest BCUT2D eigenvalue weighted by Gasteiger charge is 2.27. The summed E-state index contributed by atoms with van der Waals surface area (Å²) in [6.45, 7) is 1.93. The Balaban J connectivity index is 1.66. The van der Waals surface area contributed by atoms with E-state index in [1.165, 1.54) is 0 Å². The van der Waals surface area contributed by atoms with Crippen LogP contribution >= 0.6 is 0 Å². The van der Waals surface area contributed by atoms with E-state index in [2.05, 4.69) is 15.3 Å². The van der Waals surface area contributed by atoms with Gasteiger partial charge in [-0.3, -0.25) is 4.79 Å². The molecule has 1 aromatic carbocycles. The number of ether oxygens (including phenoxy) is 1. The molecule has 0 saturated heterocycles. The number of aryl methyl sites for hydroxylation is 1. The van der Waals surface area contributed by atoms with Crippen molar-refractivity contribution < 1.29 is 9.53 Å². The first kappa shape index (κ1) is 15.4. The third kappa shape index (κ3) is 3.84. The molecule has 1 aliphatic carbocycles. The van der Waals surface area contributed by atoms with Crippen molar-refractivity contribution in [1.82, 2.24) is 9.97 Å². The minimum atomic E-state index is 0.0121. The lowest BCUT2D eigenvalue weighted by Crippen LogP contribution is -2.23. The van der Waals surface area contributed by atoms with Crippen LogP contribution in [0, 0.1) is 12.8 Å². The number of benzene rings is 1. The molecular weight excluding hydrogens is 292 g/mol. The molecule has 6 heteroatoms. The van der Waals surface area contributed by atoms with Gasteiger partial charge in [-0.25, -0.2) is 9.97 Å². The zero-order valence-electron chi connectivity index (χ0n) is 13.0. The van der Waals surface area contributed by atoms with Crippen molar-refractivity contribution in [2.45, 2.75) is 32.2 Å². The Morgan fingerprint density at radius 3 is 2.74 bits per heavy atom. The molecule has 1 fully saturated rings. The number of carbonyl (C=O) groups is 1. The van der Waals surface area contributed by atoms with Crippen molar-refractivity contribution in [3.8, 4) is 11.8 Å². The summed E-state index contributed by atoms with van der Waals surface area (Å²) in [5.41, 5.74) is 7.58. The molecule has 1 aromatic heterocycles. The van der Waals surface area contributed by atoms with Gasteiger partial charge < -0.3 is 15.8 Å². The van der Waals surface area contributed by atoms with E-state index in [-0.39, 0.29) is 17.9 Å². The lowest BCUT2D eigenvalue weighted by Gasteiger charge is -2.13. The van der Waals surface area contributed by atoms with Gasteiger partial charge in [0.25, 0.3) is 0 Å². The molecule has 3 N–H and O–H groups in total. The van der Waals surface area contributed by atoms with Crippen molar-refractivity contribution in [1.29, 1.82) is 0 Å². The minimum Gasteiger partial charge on any atom is -0.424 e. The van der Waals surface area contributed by atoms with E-state index in [9.17, 15) is 4.79 Å². The van der Waals surface area contributed by atoms with E-state index >= 15 is 0 Å². The maximum atomic E-state index is 12.3. The van der Waals surface area contributed by atoms with Crippen LogP contribution < -0.4 is 15.8 Å². The average Bonchev–Trinajstić information content (AvgIpc) is 2.98. The topological polar surface area (TPSA) is 90.1 Å². The lowest BCUT2D eigenvalue weighted by molar-refractivity contribution is -0.119. The van der Waals surface area contributed by atoms with Crippen LogP contribution in [0.1, 0.15) is 24.8 Å². The molecule has 0 radical (unpaired) electrons. The predicted molar refractivity (Wildman–Crippen MR) is 87.2 cm³/mol. The Morgan fingerprint density at radius 1 is 1.30 bits per heavy atom. The molecule has 23 heavy (non-hydrogen) atoms. The van der Waals surface area contributed by atoms with Gasteiger partial charge in [-0.2, -0.15) is 0 Å². The molecule has 2 aromatic rings. The number of nitrogens with one attached hydrogen (secondary N) is 1. The number of hydrogen-bond donors (Lipinski definition) is 2. The van der Waals surface area contributed by atoms with Gasteiger partial charge in [-0.15, -0.1) is 0 Å². The summed E-state index contributed by atoms with van der Waals surface area (Å²) in [6, 6.07) is 7.65. The highest BCUT2D eigenvalue weighted by Crippen LogP contribution is 2.28. The van der Waals surface area contributed by atoms with Gasteiger partial charge in [0.15, 0.2) is 0 Å². The summed E-state index contributed by atoms with van der Waals surface area (Å²) in [5, 5.41) is 2.98. The summed E-state index contributed by atoms with van der Waals surface area (Å²) >= 11 is 0. The quantitative estimate of drug-likeness (QED) is 0.905. The third-order valence-corrected chi connectivity index (χ3v) is 4.05. The molecule has 6 nitrogen and oxygen atoms in total. The van der Waals surface area contributed by atoms with Crippen LogP contribution in [0.3, 0.4) is 0 Å². The van der Waals surface area contributed by atoms with Crippen LogP contribution in [-0.4, -0.2) is 21.9 Å². The predicted octanol–water partition coefficient (Wildman–Crippen LogP) is 2.64. The Morgan fingerprint density at radius 2 is 2.09 bits per heavy atom. The smallest absolute Gasteiger partial charge is 0.321 e. The Labute approximate surface area is 135 Å². The standard InChI is InChI=1S/C17H20N4O2/c1-11-9-14(23-17-19-7-2-8-20-17)5-6-15(11)21-16(22)12-3-4-13(18)10-12/h2,5-9,12-13H,3-4,10,18H2,1H3,(H,21,22). The molecule has 120 valence electrons. The Bertz CT molecular complexity index is 690. The molecule has 1 aliphatic rings. The van der Waals surface area contributed by atoms with Crippen LogP contribution in [0.2, 0.25) is 0 Å². The van der Waals surface area contributed by atoms with Gasteiger partial charge in [0.05, 0.1) is 0 Å². The molecular formula is C17H20N4O2. The first-order chi connectivity index (χ1) is 11.1. The van der Waals surface area contributed by atoms with Gasteiger partial charge in [-0.1, -0.05) is 0 Å². The van der Waals surface area contributed by atoms with Crippen molar-refractivity contribution in [2.75, 3.05) is 5.32 Å². The van der Waals surface area contributed by atoms with E-state index in [4.69, 9.17) is 10.5 Å². The van der Waals surface area contributed by atoms with Crippen molar-refractivity contribution in [3.05, 3.63) is 42.2 Å². The molecule has 2 unspecified atom stereocenters. The van der Waals surface area contributed by atoms with Gasteiger partial charge in [0.1, 0.15) is 5.75 Å². The number of aromatic nitrogens is 2. The Kier molecular flexibility index (Phi) is 4.52. The molecule has 3 rings (SSSR count). The zero-order valence-corrected chi connectivity index (χ0v) is 13.0. The van der Waals surface area contributed by atoms with E-state index in [1.54, 1.807) is 24.5 Å². The second kappa shape index (κ2) is 6.75. The zero-order chi connectivity index (χ0) is 16.2. The monoisotopic (exact) mass is 312 g/mol. The van der Waals surface area contributed by atoms with E-state index in [1.807, 2.05) is 19.1 Å². The van der Waals surface area contributed by atoms with Crippen molar-refractivity contribution in [2.24, 2.45) is 11.7 Å². The number of amides is 1. The van der Waals surface area contributed by atoms with Crippen molar-refractivity contribution in [3.63, 3.8) is 0 Å². The van der Waals surface area contributed by atoms with Gasteiger partial charge in [0.2, 0.25) is 5.91 Å². The molecule has 0 aliphatic heterocycles. The second-order valence-corrected chi connectivity index (χ2v) is 5.87. The average molecular weight is 312 g/mol. The van der Waals surface area contributed by atoms with E-state index in [0.29, 0.717) is 11.8 Å². The summed E-state index contributed by atoms with van der Waals surface area (Å²) in [6.07, 6.45) is 5.78. The fourth-order valence-corrected chi connectivity index (χ4v) is 2.77. The summed E-state index contributed by atoms with van der Waals surface area (Å²) in [4.78, 5) is 20.3. The first-order valence-corrected chi connectivity index (χ1v) is 7.74. The Hall–Kier alpha value is -2.47. The van der Waals surface area contributed by atoms with Crippen LogP contribution in [0.4, 0.5) is 5.69 Å². The fraction of sp³-hybridized carbons (Fsp3) is 0.353. The van der Waals surface area contributed by atoms with Gasteiger partial charge in [0, 0.05) is 30.0 Å². The maximum absolute atomic E-state index is 12.3. The van der Waals surface area contributed by atoms with E-state index < -0.39 is 0 Å². The number of hydrogen-bond acceptors (Lipinski definition) is 5. The number of nitrogens with zero attached hydrogens (tertiary/aromatic N) is 2. The second-order valence-electron chi connectivity index (χ2n) is 5.87. The van der Waals surface area contributed by atoms with Crippen LogP contribution in [0.25, 0.3) is 0 Å². The number of rotatable bonds is 4. The van der Waals surface area contributed by atoms with Gasteiger partial charge in [-0.05, 0) is 56.0 Å². The normalized spacial score (nSPS) is 20.3. The number of carbonyl (C=O) groups excluding carboxylic acids is 1. The van der Waals surface area contributed by atoms with E-state index in [0.717, 1.165) is 30.5 Å². The summed E-state index contributed by atoms with van der Waals surface area (Å²) < 4.78 is 5.58. The highest BCUT2D eigenvalue weighted by molar-refractivity contribution is 5.93. The largest absolute Gasteiger partial charge is 0.424 e. The molecule has 0 bridgehead atoms. The highest BCUT2D eigenvalue weighted by atomic mass is 16.5. The molecule has 1 amide bonds. The SMILES string of the molecule is Cc1cc(Oc2ncccn2)ccc1NC(=O)C1CCC(N)C1.